The lowest BCUT2D eigenvalue weighted by Gasteiger charge is -2.38. The topological polar surface area (TPSA) is 80.3 Å². The van der Waals surface area contributed by atoms with E-state index in [1.54, 1.807) is 17.0 Å². The summed E-state index contributed by atoms with van der Waals surface area (Å²) in [7, 11) is 1.52. The zero-order valence-corrected chi connectivity index (χ0v) is 18.9. The molecule has 170 valence electrons. The summed E-state index contributed by atoms with van der Waals surface area (Å²) in [6, 6.07) is 10.9. The quantitative estimate of drug-likeness (QED) is 0.740. The number of nitrogens with one attached hydrogen (secondary N) is 1. The predicted octanol–water partition coefficient (Wildman–Crippen LogP) is 2.72. The Kier molecular flexibility index (Phi) is 6.72. The molecular formula is C23H26ClN3O5. The van der Waals surface area contributed by atoms with E-state index in [4.69, 9.17) is 25.8 Å². The van der Waals surface area contributed by atoms with Crippen molar-refractivity contribution in [2.75, 3.05) is 56.7 Å². The Labute approximate surface area is 192 Å². The van der Waals surface area contributed by atoms with Crippen LogP contribution in [0.25, 0.3) is 0 Å². The van der Waals surface area contributed by atoms with Crippen molar-refractivity contribution in [2.45, 2.75) is 13.0 Å². The lowest BCUT2D eigenvalue weighted by atomic mass is 10.1. The number of morpholine rings is 1. The van der Waals surface area contributed by atoms with Crippen LogP contribution in [-0.2, 0) is 14.3 Å². The van der Waals surface area contributed by atoms with Crippen LogP contribution in [0.5, 0.6) is 11.5 Å². The number of carbonyl (C=O) groups is 2. The van der Waals surface area contributed by atoms with Crippen molar-refractivity contribution in [1.82, 2.24) is 4.90 Å². The average molecular weight is 460 g/mol. The van der Waals surface area contributed by atoms with Gasteiger partial charge in [0.05, 0.1) is 44.8 Å². The van der Waals surface area contributed by atoms with Crippen LogP contribution in [0.15, 0.2) is 36.4 Å². The van der Waals surface area contributed by atoms with E-state index in [2.05, 4.69) is 5.32 Å². The van der Waals surface area contributed by atoms with Crippen molar-refractivity contribution >= 4 is 34.8 Å². The van der Waals surface area contributed by atoms with Crippen LogP contribution < -0.4 is 19.7 Å². The fraction of sp³-hybridized carbons (Fsp3) is 0.391. The first-order valence-corrected chi connectivity index (χ1v) is 10.8. The van der Waals surface area contributed by atoms with E-state index >= 15 is 0 Å². The number of anilines is 2. The van der Waals surface area contributed by atoms with Gasteiger partial charge in [-0.25, -0.2) is 0 Å². The van der Waals surface area contributed by atoms with Crippen LogP contribution in [0.2, 0.25) is 5.02 Å². The summed E-state index contributed by atoms with van der Waals surface area (Å²) in [5.74, 6) is 0.734. The van der Waals surface area contributed by atoms with Crippen molar-refractivity contribution in [3.8, 4) is 11.5 Å². The molecule has 2 amide bonds. The maximum absolute atomic E-state index is 13.0. The predicted molar refractivity (Wildman–Crippen MR) is 122 cm³/mol. The van der Waals surface area contributed by atoms with Gasteiger partial charge in [0.25, 0.3) is 5.91 Å². The summed E-state index contributed by atoms with van der Waals surface area (Å²) < 4.78 is 16.7. The Balaban J connectivity index is 1.51. The SMILES string of the molecule is COc1cc(Cl)c(C)cc1NC(=O)CN1C[C@H](C(=O)N2CCOCC2)Oc2ccccc21. The van der Waals surface area contributed by atoms with Gasteiger partial charge in [0.15, 0.2) is 6.10 Å². The van der Waals surface area contributed by atoms with E-state index in [9.17, 15) is 9.59 Å². The summed E-state index contributed by atoms with van der Waals surface area (Å²) in [6.45, 7) is 4.30. The number of benzene rings is 2. The van der Waals surface area contributed by atoms with Crippen LogP contribution in [0.1, 0.15) is 5.56 Å². The van der Waals surface area contributed by atoms with Gasteiger partial charge < -0.3 is 29.3 Å². The second-order valence-electron chi connectivity index (χ2n) is 7.74. The summed E-state index contributed by atoms with van der Waals surface area (Å²) >= 11 is 6.16. The monoisotopic (exact) mass is 459 g/mol. The zero-order valence-electron chi connectivity index (χ0n) is 18.1. The number of amides is 2. The molecule has 1 saturated heterocycles. The van der Waals surface area contributed by atoms with Gasteiger partial charge in [0.1, 0.15) is 11.5 Å². The molecule has 0 saturated carbocycles. The first-order valence-electron chi connectivity index (χ1n) is 10.5. The fourth-order valence-corrected chi connectivity index (χ4v) is 4.02. The van der Waals surface area contributed by atoms with E-state index in [-0.39, 0.29) is 24.9 Å². The second kappa shape index (κ2) is 9.67. The Bertz CT molecular complexity index is 1010. The van der Waals surface area contributed by atoms with Crippen LogP contribution in [0.3, 0.4) is 0 Å². The number of para-hydroxylation sites is 2. The summed E-state index contributed by atoms with van der Waals surface area (Å²) in [5.41, 5.74) is 2.14. The van der Waals surface area contributed by atoms with Gasteiger partial charge in [-0.1, -0.05) is 23.7 Å². The maximum atomic E-state index is 13.0. The minimum atomic E-state index is -0.692. The number of nitrogens with zero attached hydrogens (tertiary/aromatic N) is 2. The molecule has 1 N–H and O–H groups in total. The fourth-order valence-electron chi connectivity index (χ4n) is 3.87. The number of hydrogen-bond donors (Lipinski definition) is 1. The molecule has 0 aromatic heterocycles. The number of halogens is 1. The van der Waals surface area contributed by atoms with Crippen molar-refractivity contribution < 1.29 is 23.8 Å². The first kappa shape index (κ1) is 22.2. The molecule has 4 rings (SSSR count). The molecule has 2 aliphatic rings. The Hall–Kier alpha value is -2.97. The van der Waals surface area contributed by atoms with Crippen LogP contribution >= 0.6 is 11.6 Å². The molecule has 1 fully saturated rings. The number of aryl methyl sites for hydroxylation is 1. The first-order chi connectivity index (χ1) is 15.5. The highest BCUT2D eigenvalue weighted by atomic mass is 35.5. The van der Waals surface area contributed by atoms with E-state index in [1.165, 1.54) is 7.11 Å². The molecule has 0 bridgehead atoms. The number of methoxy groups -OCH3 is 1. The molecule has 0 spiro atoms. The van der Waals surface area contributed by atoms with E-state index in [0.29, 0.717) is 48.5 Å². The third kappa shape index (κ3) is 4.76. The third-order valence-corrected chi connectivity index (χ3v) is 5.96. The van der Waals surface area contributed by atoms with Gasteiger partial charge >= 0.3 is 0 Å². The molecule has 2 aliphatic heterocycles. The maximum Gasteiger partial charge on any atom is 0.265 e. The number of hydrogen-bond acceptors (Lipinski definition) is 6. The molecule has 8 nitrogen and oxygen atoms in total. The number of rotatable bonds is 5. The van der Waals surface area contributed by atoms with Crippen molar-refractivity contribution in [2.24, 2.45) is 0 Å². The molecule has 9 heteroatoms. The van der Waals surface area contributed by atoms with Gasteiger partial charge in [0.2, 0.25) is 5.91 Å². The molecule has 0 radical (unpaired) electrons. The van der Waals surface area contributed by atoms with E-state index in [1.807, 2.05) is 36.1 Å². The molecule has 2 aromatic rings. The van der Waals surface area contributed by atoms with Crippen molar-refractivity contribution in [1.29, 1.82) is 0 Å². The Morgan fingerprint density at radius 3 is 2.72 bits per heavy atom. The molecule has 2 heterocycles. The molecule has 2 aromatic carbocycles. The van der Waals surface area contributed by atoms with E-state index in [0.717, 1.165) is 11.3 Å². The molecule has 32 heavy (non-hydrogen) atoms. The summed E-state index contributed by atoms with van der Waals surface area (Å²) in [4.78, 5) is 29.6. The minimum Gasteiger partial charge on any atom is -0.495 e. The number of carbonyl (C=O) groups excluding carboxylic acids is 2. The molecular weight excluding hydrogens is 434 g/mol. The lowest BCUT2D eigenvalue weighted by Crippen LogP contribution is -2.53. The summed E-state index contributed by atoms with van der Waals surface area (Å²) in [5, 5.41) is 3.46. The molecule has 0 aliphatic carbocycles. The Morgan fingerprint density at radius 1 is 1.22 bits per heavy atom. The minimum absolute atomic E-state index is 0.0537. The summed E-state index contributed by atoms with van der Waals surface area (Å²) in [6.07, 6.45) is -0.692. The highest BCUT2D eigenvalue weighted by Crippen LogP contribution is 2.34. The van der Waals surface area contributed by atoms with Gasteiger partial charge in [0, 0.05) is 24.2 Å². The van der Waals surface area contributed by atoms with Crippen LogP contribution in [0, 0.1) is 6.92 Å². The second-order valence-corrected chi connectivity index (χ2v) is 8.15. The van der Waals surface area contributed by atoms with Gasteiger partial charge in [-0.15, -0.1) is 0 Å². The highest BCUT2D eigenvalue weighted by molar-refractivity contribution is 6.31. The number of ether oxygens (including phenoxy) is 3. The smallest absolute Gasteiger partial charge is 0.265 e. The van der Waals surface area contributed by atoms with Crippen LogP contribution in [-0.4, -0.2) is 69.3 Å². The van der Waals surface area contributed by atoms with Gasteiger partial charge in [-0.05, 0) is 30.7 Å². The van der Waals surface area contributed by atoms with Gasteiger partial charge in [-0.2, -0.15) is 0 Å². The normalized spacial score (nSPS) is 17.9. The van der Waals surface area contributed by atoms with E-state index < -0.39 is 6.10 Å². The van der Waals surface area contributed by atoms with Crippen molar-refractivity contribution in [3.05, 3.63) is 47.0 Å². The zero-order chi connectivity index (χ0) is 22.7. The largest absolute Gasteiger partial charge is 0.495 e. The molecule has 0 unspecified atom stereocenters. The Morgan fingerprint density at radius 2 is 1.97 bits per heavy atom. The third-order valence-electron chi connectivity index (χ3n) is 5.55. The number of fused-ring (bicyclic) bond motifs is 1. The van der Waals surface area contributed by atoms with Crippen LogP contribution in [0.4, 0.5) is 11.4 Å². The lowest BCUT2D eigenvalue weighted by molar-refractivity contribution is -0.142. The highest BCUT2D eigenvalue weighted by Gasteiger charge is 2.34. The van der Waals surface area contributed by atoms with Gasteiger partial charge in [-0.3, -0.25) is 9.59 Å². The molecule has 1 atom stereocenters. The average Bonchev–Trinajstić information content (AvgIpc) is 2.81. The standard InChI is InChI=1S/C23H26ClN3O5/c1-15-11-17(20(30-2)12-16(15)24)25-22(28)14-27-13-21(23(29)26-7-9-31-10-8-26)32-19-6-4-3-5-18(19)27/h3-6,11-12,21H,7-10,13-14H2,1-2H3,(H,25,28)/t21-/m1/s1. The van der Waals surface area contributed by atoms with Crippen molar-refractivity contribution in [3.63, 3.8) is 0 Å².